The molecule has 0 unspecified atom stereocenters. The van der Waals surface area contributed by atoms with Crippen molar-refractivity contribution in [3.05, 3.63) is 94.7 Å². The predicted octanol–water partition coefficient (Wildman–Crippen LogP) is 6.76. The smallest absolute Gasteiger partial charge is 0.339 e. The number of benzene rings is 3. The normalized spacial score (nSPS) is 15.2. The third-order valence-corrected chi connectivity index (χ3v) is 7.60. The van der Waals surface area contributed by atoms with Gasteiger partial charge in [-0.15, -0.1) is 0 Å². The Hall–Kier alpha value is -4.65. The van der Waals surface area contributed by atoms with Crippen LogP contribution in [0.4, 0.5) is 5.69 Å². The fraction of sp³-hybridized carbons (Fsp3) is 0.242. The third-order valence-electron chi connectivity index (χ3n) is 7.60. The molecular formula is C33H30N2O5. The second kappa shape index (κ2) is 10.8. The van der Waals surface area contributed by atoms with E-state index in [-0.39, 0.29) is 19.3 Å². The number of para-hydroxylation sites is 2. The number of nitrogens with zero attached hydrogens (tertiary/aromatic N) is 1. The number of allylic oxidation sites excluding steroid dienone is 1. The highest BCUT2D eigenvalue weighted by molar-refractivity contribution is 6.08. The van der Waals surface area contributed by atoms with Crippen molar-refractivity contribution in [1.82, 2.24) is 4.98 Å². The maximum atomic E-state index is 13.5. The summed E-state index contributed by atoms with van der Waals surface area (Å²) in [5, 5.41) is 3.64. The van der Waals surface area contributed by atoms with Gasteiger partial charge < -0.3 is 19.5 Å². The standard InChI is InChI=1S/C33H30N2O5/c1-3-20(2)23-8-4-6-10-26(23)34-30(36)18-38-33(37)31-24-9-5-7-11-27(24)35-32-22(13-14-25(31)32)16-21-12-15-28-29(17-21)40-19-39-28/h4-12,15-17,20H,3,13-14,18-19H2,1-2H3,(H,34,36)/b22-16-/t20-/m1/s1. The number of rotatable bonds is 7. The molecule has 1 aromatic heterocycles. The molecule has 0 saturated heterocycles. The van der Waals surface area contributed by atoms with Crippen LogP contribution >= 0.6 is 0 Å². The van der Waals surface area contributed by atoms with Crippen molar-refractivity contribution in [2.24, 2.45) is 0 Å². The van der Waals surface area contributed by atoms with Crippen LogP contribution in [0.3, 0.4) is 0 Å². The summed E-state index contributed by atoms with van der Waals surface area (Å²) >= 11 is 0. The largest absolute Gasteiger partial charge is 0.454 e. The molecule has 1 atom stereocenters. The highest BCUT2D eigenvalue weighted by atomic mass is 16.7. The Bertz CT molecular complexity index is 1660. The number of pyridine rings is 1. The van der Waals surface area contributed by atoms with Crippen LogP contribution in [-0.4, -0.2) is 30.3 Å². The molecule has 2 aliphatic rings. The summed E-state index contributed by atoms with van der Waals surface area (Å²) in [6.45, 7) is 4.08. The van der Waals surface area contributed by atoms with Crippen molar-refractivity contribution in [2.75, 3.05) is 18.7 Å². The van der Waals surface area contributed by atoms with Crippen LogP contribution in [0.25, 0.3) is 22.6 Å². The lowest BCUT2D eigenvalue weighted by Crippen LogP contribution is -2.22. The molecule has 7 heteroatoms. The van der Waals surface area contributed by atoms with Gasteiger partial charge in [-0.3, -0.25) is 4.79 Å². The summed E-state index contributed by atoms with van der Waals surface area (Å²) in [5.41, 5.74) is 6.62. The fourth-order valence-electron chi connectivity index (χ4n) is 5.37. The Kier molecular flexibility index (Phi) is 6.95. The molecule has 0 fully saturated rings. The molecule has 7 nitrogen and oxygen atoms in total. The zero-order valence-electron chi connectivity index (χ0n) is 22.5. The van der Waals surface area contributed by atoms with Crippen LogP contribution in [0.2, 0.25) is 0 Å². The summed E-state index contributed by atoms with van der Waals surface area (Å²) in [7, 11) is 0. The Morgan fingerprint density at radius 3 is 2.70 bits per heavy atom. The molecule has 0 radical (unpaired) electrons. The van der Waals surface area contributed by atoms with Gasteiger partial charge in [0.2, 0.25) is 6.79 Å². The van der Waals surface area contributed by atoms with Crippen LogP contribution in [0.15, 0.2) is 66.7 Å². The molecule has 40 heavy (non-hydrogen) atoms. The minimum absolute atomic E-state index is 0.222. The number of ether oxygens (including phenoxy) is 3. The zero-order valence-corrected chi connectivity index (χ0v) is 22.5. The molecule has 1 aliphatic carbocycles. The molecule has 4 aromatic rings. The van der Waals surface area contributed by atoms with Gasteiger partial charge in [0.1, 0.15) is 0 Å². The molecule has 1 aliphatic heterocycles. The van der Waals surface area contributed by atoms with E-state index in [1.54, 1.807) is 0 Å². The molecule has 0 spiro atoms. The number of anilines is 1. The van der Waals surface area contributed by atoms with E-state index in [9.17, 15) is 9.59 Å². The number of hydrogen-bond donors (Lipinski definition) is 1. The van der Waals surface area contributed by atoms with E-state index >= 15 is 0 Å². The van der Waals surface area contributed by atoms with Crippen molar-refractivity contribution in [1.29, 1.82) is 0 Å². The van der Waals surface area contributed by atoms with Gasteiger partial charge in [0.05, 0.1) is 16.8 Å². The van der Waals surface area contributed by atoms with Gasteiger partial charge in [-0.2, -0.15) is 0 Å². The average molecular weight is 535 g/mol. The molecule has 0 saturated carbocycles. The second-order valence-electron chi connectivity index (χ2n) is 10.1. The molecular weight excluding hydrogens is 504 g/mol. The second-order valence-corrected chi connectivity index (χ2v) is 10.1. The Balaban J connectivity index is 1.26. The summed E-state index contributed by atoms with van der Waals surface area (Å²) in [6, 6.07) is 21.1. The molecule has 1 N–H and O–H groups in total. The Labute approximate surface area is 232 Å². The molecule has 0 bridgehead atoms. The Morgan fingerprint density at radius 1 is 1.02 bits per heavy atom. The minimum atomic E-state index is -0.524. The van der Waals surface area contributed by atoms with Gasteiger partial charge in [0, 0.05) is 11.1 Å². The SMILES string of the molecule is CC[C@@H](C)c1ccccc1NC(=O)COC(=O)c1c2c(nc3ccccc13)/C(=C\c1ccc3c(c1)OCO3)CC2. The van der Waals surface area contributed by atoms with Crippen LogP contribution in [0.5, 0.6) is 11.5 Å². The Morgan fingerprint density at radius 2 is 1.82 bits per heavy atom. The number of carbonyl (C=O) groups is 2. The van der Waals surface area contributed by atoms with Gasteiger partial charge >= 0.3 is 5.97 Å². The van der Waals surface area contributed by atoms with Crippen molar-refractivity contribution in [2.45, 2.75) is 39.0 Å². The lowest BCUT2D eigenvalue weighted by molar-refractivity contribution is -0.119. The van der Waals surface area contributed by atoms with Gasteiger partial charge in [0.25, 0.3) is 5.91 Å². The molecule has 6 rings (SSSR count). The summed E-state index contributed by atoms with van der Waals surface area (Å²) in [4.78, 5) is 31.2. The van der Waals surface area contributed by atoms with Crippen LogP contribution in [-0.2, 0) is 16.0 Å². The topological polar surface area (TPSA) is 86.8 Å². The maximum Gasteiger partial charge on any atom is 0.339 e. The van der Waals surface area contributed by atoms with E-state index < -0.39 is 5.97 Å². The van der Waals surface area contributed by atoms with E-state index in [0.717, 1.165) is 57.6 Å². The first kappa shape index (κ1) is 25.6. The first-order valence-electron chi connectivity index (χ1n) is 13.6. The average Bonchev–Trinajstić information content (AvgIpc) is 3.61. The van der Waals surface area contributed by atoms with Gasteiger partial charge in [-0.25, -0.2) is 9.78 Å². The lowest BCUT2D eigenvalue weighted by Gasteiger charge is -2.16. The predicted molar refractivity (Wildman–Crippen MR) is 155 cm³/mol. The maximum absolute atomic E-state index is 13.5. The lowest BCUT2D eigenvalue weighted by atomic mass is 9.97. The zero-order chi connectivity index (χ0) is 27.6. The molecule has 202 valence electrons. The minimum Gasteiger partial charge on any atom is -0.454 e. The highest BCUT2D eigenvalue weighted by Gasteiger charge is 2.28. The van der Waals surface area contributed by atoms with E-state index in [2.05, 4.69) is 25.2 Å². The molecule has 1 amide bonds. The van der Waals surface area contributed by atoms with Crippen molar-refractivity contribution in [3.8, 4) is 11.5 Å². The quantitative estimate of drug-likeness (QED) is 0.264. The fourth-order valence-corrected chi connectivity index (χ4v) is 5.37. The molecule has 3 aromatic carbocycles. The monoisotopic (exact) mass is 534 g/mol. The number of esters is 1. The molecule has 2 heterocycles. The van der Waals surface area contributed by atoms with Crippen molar-refractivity contribution >= 4 is 40.1 Å². The van der Waals surface area contributed by atoms with E-state index in [4.69, 9.17) is 19.2 Å². The number of nitrogens with one attached hydrogen (secondary N) is 1. The van der Waals surface area contributed by atoms with E-state index in [1.807, 2.05) is 66.7 Å². The number of fused-ring (bicyclic) bond motifs is 3. The third kappa shape index (κ3) is 4.91. The summed E-state index contributed by atoms with van der Waals surface area (Å²) in [5.74, 6) is 0.848. The highest BCUT2D eigenvalue weighted by Crippen LogP contribution is 2.39. The van der Waals surface area contributed by atoms with E-state index in [0.29, 0.717) is 29.2 Å². The number of aromatic nitrogens is 1. The number of amides is 1. The van der Waals surface area contributed by atoms with Gasteiger partial charge in [-0.05, 0) is 77.8 Å². The summed E-state index contributed by atoms with van der Waals surface area (Å²) in [6.07, 6.45) is 4.42. The van der Waals surface area contributed by atoms with Crippen LogP contribution in [0, 0.1) is 0 Å². The van der Waals surface area contributed by atoms with E-state index in [1.165, 1.54) is 0 Å². The van der Waals surface area contributed by atoms with Crippen LogP contribution in [0.1, 0.15) is 65.3 Å². The number of carbonyl (C=O) groups excluding carboxylic acids is 2. The summed E-state index contributed by atoms with van der Waals surface area (Å²) < 4.78 is 16.6. The van der Waals surface area contributed by atoms with Gasteiger partial charge in [-0.1, -0.05) is 56.3 Å². The van der Waals surface area contributed by atoms with Crippen molar-refractivity contribution in [3.63, 3.8) is 0 Å². The van der Waals surface area contributed by atoms with Crippen LogP contribution < -0.4 is 14.8 Å². The van der Waals surface area contributed by atoms with Gasteiger partial charge in [0.15, 0.2) is 18.1 Å². The number of hydrogen-bond acceptors (Lipinski definition) is 6. The first-order chi connectivity index (χ1) is 19.5. The first-order valence-corrected chi connectivity index (χ1v) is 13.6. The van der Waals surface area contributed by atoms with Crippen molar-refractivity contribution < 1.29 is 23.8 Å².